The topological polar surface area (TPSA) is 84.3 Å². The molecule has 1 unspecified atom stereocenters. The first-order chi connectivity index (χ1) is 15.3. The van der Waals surface area contributed by atoms with Gasteiger partial charge < -0.3 is 4.90 Å². The second-order valence-corrected chi connectivity index (χ2v) is 8.77. The van der Waals surface area contributed by atoms with Crippen molar-refractivity contribution >= 4 is 40.9 Å². The third kappa shape index (κ3) is 3.38. The average Bonchev–Trinajstić information content (AvgIpc) is 3.28. The number of carbonyl (C=O) groups excluding carboxylic acids is 3. The van der Waals surface area contributed by atoms with Gasteiger partial charge in [0.2, 0.25) is 11.8 Å². The molecular formula is C23H18Cl2N4O3. The molecule has 1 aromatic heterocycles. The Kier molecular flexibility index (Phi) is 5.03. The van der Waals surface area contributed by atoms with Crippen LogP contribution in [0.4, 0.5) is 0 Å². The van der Waals surface area contributed by atoms with Crippen LogP contribution in [0.5, 0.6) is 0 Å². The molecule has 2 aliphatic rings. The molecule has 9 heteroatoms. The van der Waals surface area contributed by atoms with Gasteiger partial charge in [-0.2, -0.15) is 5.10 Å². The van der Waals surface area contributed by atoms with E-state index in [0.717, 1.165) is 27.9 Å². The predicted octanol–water partition coefficient (Wildman–Crippen LogP) is 3.82. The number of piperidine rings is 1. The van der Waals surface area contributed by atoms with Crippen molar-refractivity contribution in [2.45, 2.75) is 25.4 Å². The summed E-state index contributed by atoms with van der Waals surface area (Å²) in [5.41, 5.74) is 4.77. The lowest BCUT2D eigenvalue weighted by atomic mass is 9.98. The number of aryl methyl sites for hydroxylation is 1. The Morgan fingerprint density at radius 3 is 2.56 bits per heavy atom. The molecule has 7 nitrogen and oxygen atoms in total. The summed E-state index contributed by atoms with van der Waals surface area (Å²) >= 11 is 12.5. The molecule has 1 atom stereocenters. The van der Waals surface area contributed by atoms with E-state index in [9.17, 15) is 14.4 Å². The SMILES string of the molecule is Cn1ncc(-c2ccc3c(c2)CN(C2CCC(=O)NC2=O)C3=O)c1-c1ccc(Cl)cc1Cl. The number of amides is 3. The summed E-state index contributed by atoms with van der Waals surface area (Å²) in [5.74, 6) is -0.926. The third-order valence-electron chi connectivity index (χ3n) is 5.96. The molecule has 1 saturated heterocycles. The Hall–Kier alpha value is -3.16. The standard InChI is InChI=1S/C23H18Cl2N4O3/c1-28-21(16-5-3-14(24)9-18(16)25)17(10-26-28)12-2-4-15-13(8-12)11-29(23(15)32)19-6-7-20(30)27-22(19)31/h2-5,8-10,19H,6-7,11H2,1H3,(H,27,30,31). The number of carbonyl (C=O) groups is 3. The number of hydrogen-bond donors (Lipinski definition) is 1. The minimum atomic E-state index is -0.641. The second-order valence-electron chi connectivity index (χ2n) is 7.93. The molecular weight excluding hydrogens is 451 g/mol. The van der Waals surface area contributed by atoms with Gasteiger partial charge in [-0.05, 0) is 47.9 Å². The molecule has 0 spiro atoms. The average molecular weight is 469 g/mol. The monoisotopic (exact) mass is 468 g/mol. The highest BCUT2D eigenvalue weighted by molar-refractivity contribution is 6.36. The van der Waals surface area contributed by atoms with E-state index in [1.54, 1.807) is 29.1 Å². The number of benzene rings is 2. The molecule has 2 aliphatic heterocycles. The Labute approximate surface area is 193 Å². The van der Waals surface area contributed by atoms with E-state index in [1.165, 1.54) is 4.90 Å². The molecule has 1 fully saturated rings. The van der Waals surface area contributed by atoms with Gasteiger partial charge in [-0.1, -0.05) is 29.3 Å². The molecule has 0 aliphatic carbocycles. The summed E-state index contributed by atoms with van der Waals surface area (Å²) in [5, 5.41) is 7.80. The Balaban J connectivity index is 1.51. The van der Waals surface area contributed by atoms with E-state index in [4.69, 9.17) is 23.2 Å². The van der Waals surface area contributed by atoms with E-state index in [0.29, 0.717) is 28.6 Å². The number of imide groups is 1. The van der Waals surface area contributed by atoms with Crippen molar-refractivity contribution in [2.75, 3.05) is 0 Å². The van der Waals surface area contributed by atoms with Crippen LogP contribution in [0.15, 0.2) is 42.6 Å². The number of halogens is 2. The van der Waals surface area contributed by atoms with Crippen LogP contribution in [0.1, 0.15) is 28.8 Å². The first-order valence-corrected chi connectivity index (χ1v) is 10.8. The van der Waals surface area contributed by atoms with Crippen molar-refractivity contribution in [3.05, 3.63) is 63.8 Å². The maximum atomic E-state index is 13.0. The Morgan fingerprint density at radius 1 is 1.03 bits per heavy atom. The number of nitrogens with one attached hydrogen (secondary N) is 1. The van der Waals surface area contributed by atoms with Crippen molar-refractivity contribution in [3.63, 3.8) is 0 Å². The van der Waals surface area contributed by atoms with Crippen LogP contribution in [0.2, 0.25) is 10.0 Å². The van der Waals surface area contributed by atoms with Gasteiger partial charge in [-0.25, -0.2) is 0 Å². The van der Waals surface area contributed by atoms with Crippen molar-refractivity contribution in [1.82, 2.24) is 20.0 Å². The summed E-state index contributed by atoms with van der Waals surface area (Å²) < 4.78 is 1.75. The summed E-state index contributed by atoms with van der Waals surface area (Å²) in [6.07, 6.45) is 2.32. The molecule has 1 N–H and O–H groups in total. The van der Waals surface area contributed by atoms with E-state index < -0.39 is 11.9 Å². The van der Waals surface area contributed by atoms with Crippen LogP contribution in [0.25, 0.3) is 22.4 Å². The molecule has 5 rings (SSSR count). The van der Waals surface area contributed by atoms with Crippen molar-refractivity contribution < 1.29 is 14.4 Å². The van der Waals surface area contributed by atoms with Crippen LogP contribution in [-0.4, -0.2) is 38.4 Å². The van der Waals surface area contributed by atoms with Crippen LogP contribution < -0.4 is 5.32 Å². The number of fused-ring (bicyclic) bond motifs is 1. The second kappa shape index (κ2) is 7.76. The predicted molar refractivity (Wildman–Crippen MR) is 120 cm³/mol. The fraction of sp³-hybridized carbons (Fsp3) is 0.217. The van der Waals surface area contributed by atoms with Gasteiger partial charge in [-0.15, -0.1) is 0 Å². The summed E-state index contributed by atoms with van der Waals surface area (Å²) in [6, 6.07) is 10.3. The maximum absolute atomic E-state index is 13.0. The van der Waals surface area contributed by atoms with Gasteiger partial charge in [0.05, 0.1) is 16.9 Å². The molecule has 162 valence electrons. The molecule has 3 aromatic rings. The fourth-order valence-corrected chi connectivity index (χ4v) is 4.89. The van der Waals surface area contributed by atoms with Crippen LogP contribution in [-0.2, 0) is 23.2 Å². The maximum Gasteiger partial charge on any atom is 0.255 e. The quantitative estimate of drug-likeness (QED) is 0.592. The van der Waals surface area contributed by atoms with E-state index >= 15 is 0 Å². The molecule has 3 heterocycles. The Morgan fingerprint density at radius 2 is 1.81 bits per heavy atom. The van der Waals surface area contributed by atoms with E-state index in [2.05, 4.69) is 10.4 Å². The lowest BCUT2D eigenvalue weighted by Crippen LogP contribution is -2.52. The smallest absolute Gasteiger partial charge is 0.255 e. The van der Waals surface area contributed by atoms with Gasteiger partial charge in [-0.3, -0.25) is 24.4 Å². The van der Waals surface area contributed by atoms with Crippen LogP contribution in [0, 0.1) is 0 Å². The number of aromatic nitrogens is 2. The third-order valence-corrected chi connectivity index (χ3v) is 6.51. The van der Waals surface area contributed by atoms with Crippen molar-refractivity contribution in [1.29, 1.82) is 0 Å². The van der Waals surface area contributed by atoms with Gasteiger partial charge in [0.25, 0.3) is 5.91 Å². The van der Waals surface area contributed by atoms with Crippen molar-refractivity contribution in [3.8, 4) is 22.4 Å². The van der Waals surface area contributed by atoms with E-state index in [-0.39, 0.29) is 18.2 Å². The summed E-state index contributed by atoms with van der Waals surface area (Å²) in [4.78, 5) is 38.2. The van der Waals surface area contributed by atoms with Crippen LogP contribution in [0.3, 0.4) is 0 Å². The lowest BCUT2D eigenvalue weighted by Gasteiger charge is -2.29. The highest BCUT2D eigenvalue weighted by atomic mass is 35.5. The van der Waals surface area contributed by atoms with Gasteiger partial charge in [0.15, 0.2) is 0 Å². The lowest BCUT2D eigenvalue weighted by molar-refractivity contribution is -0.136. The Bertz CT molecular complexity index is 1300. The van der Waals surface area contributed by atoms with E-state index in [1.807, 2.05) is 25.2 Å². The highest BCUT2D eigenvalue weighted by Gasteiger charge is 2.39. The minimum absolute atomic E-state index is 0.201. The highest BCUT2D eigenvalue weighted by Crippen LogP contribution is 2.38. The van der Waals surface area contributed by atoms with Gasteiger partial charge in [0.1, 0.15) is 6.04 Å². The number of nitrogens with zero attached hydrogens (tertiary/aromatic N) is 3. The number of hydrogen-bond acceptors (Lipinski definition) is 4. The molecule has 2 aromatic carbocycles. The first-order valence-electron chi connectivity index (χ1n) is 10.1. The van der Waals surface area contributed by atoms with Gasteiger partial charge >= 0.3 is 0 Å². The minimum Gasteiger partial charge on any atom is -0.322 e. The summed E-state index contributed by atoms with van der Waals surface area (Å²) in [7, 11) is 1.84. The fourth-order valence-electron chi connectivity index (χ4n) is 4.39. The molecule has 32 heavy (non-hydrogen) atoms. The molecule has 0 saturated carbocycles. The van der Waals surface area contributed by atoms with Crippen LogP contribution >= 0.6 is 23.2 Å². The summed E-state index contributed by atoms with van der Waals surface area (Å²) in [6.45, 7) is 0.311. The zero-order valence-electron chi connectivity index (χ0n) is 17.1. The zero-order chi connectivity index (χ0) is 22.6. The van der Waals surface area contributed by atoms with Crippen molar-refractivity contribution in [2.24, 2.45) is 7.05 Å². The zero-order valence-corrected chi connectivity index (χ0v) is 18.6. The largest absolute Gasteiger partial charge is 0.322 e. The number of rotatable bonds is 3. The van der Waals surface area contributed by atoms with Gasteiger partial charge in [0, 0.05) is 41.7 Å². The first kappa shape index (κ1) is 20.7. The molecule has 0 radical (unpaired) electrons. The normalized spacial score (nSPS) is 18.2. The molecule has 3 amide bonds. The molecule has 0 bridgehead atoms.